The van der Waals surface area contributed by atoms with E-state index in [1.165, 1.54) is 0 Å². The maximum absolute atomic E-state index is 12.6. The maximum atomic E-state index is 12.6. The van der Waals surface area contributed by atoms with Crippen LogP contribution in [0, 0.1) is 5.92 Å². The summed E-state index contributed by atoms with van der Waals surface area (Å²) in [5.41, 5.74) is 0.829. The van der Waals surface area contributed by atoms with Gasteiger partial charge in [-0.15, -0.1) is 6.58 Å². The number of hydrogen-bond donors (Lipinski definition) is 3. The Hall–Kier alpha value is -2.83. The van der Waals surface area contributed by atoms with E-state index in [9.17, 15) is 19.5 Å². The fraction of sp³-hybridized carbons (Fsp3) is 0.476. The maximum Gasteiger partial charge on any atom is 0.408 e. The minimum atomic E-state index is -1.10. The average Bonchev–Trinajstić information content (AvgIpc) is 2.65. The van der Waals surface area contributed by atoms with Gasteiger partial charge in [-0.3, -0.25) is 4.79 Å². The van der Waals surface area contributed by atoms with Gasteiger partial charge in [0.25, 0.3) is 0 Å². The van der Waals surface area contributed by atoms with E-state index in [1.54, 1.807) is 6.08 Å². The van der Waals surface area contributed by atoms with E-state index in [1.807, 2.05) is 44.2 Å². The summed E-state index contributed by atoms with van der Waals surface area (Å²) in [5.74, 6) is -1.52. The molecule has 1 aromatic carbocycles. The van der Waals surface area contributed by atoms with E-state index in [0.717, 1.165) is 5.56 Å². The second-order valence-electron chi connectivity index (χ2n) is 7.01. The zero-order chi connectivity index (χ0) is 20.9. The summed E-state index contributed by atoms with van der Waals surface area (Å²) in [7, 11) is 0. The van der Waals surface area contributed by atoms with Crippen molar-refractivity contribution in [1.29, 1.82) is 0 Å². The number of carboxylic acids is 1. The summed E-state index contributed by atoms with van der Waals surface area (Å²) < 4.78 is 5.16. The van der Waals surface area contributed by atoms with E-state index in [2.05, 4.69) is 17.2 Å². The molecule has 0 spiro atoms. The van der Waals surface area contributed by atoms with Gasteiger partial charge in [-0.05, 0) is 37.2 Å². The summed E-state index contributed by atoms with van der Waals surface area (Å²) in [6, 6.07) is 7.31. The molecule has 0 saturated heterocycles. The monoisotopic (exact) mass is 390 g/mol. The third-order valence-electron chi connectivity index (χ3n) is 4.04. The van der Waals surface area contributed by atoms with E-state index < -0.39 is 30.1 Å². The number of carbonyl (C=O) groups excluding carboxylic acids is 2. The molecule has 3 N–H and O–H groups in total. The molecule has 0 fully saturated rings. The minimum absolute atomic E-state index is 0.0853. The van der Waals surface area contributed by atoms with Crippen LogP contribution in [0.5, 0.6) is 0 Å². The molecule has 0 heterocycles. The largest absolute Gasteiger partial charge is 0.480 e. The van der Waals surface area contributed by atoms with Crippen molar-refractivity contribution in [3.63, 3.8) is 0 Å². The lowest BCUT2D eigenvalue weighted by molar-refractivity contribution is -0.142. The van der Waals surface area contributed by atoms with E-state index in [4.69, 9.17) is 4.74 Å². The molecule has 1 rings (SSSR count). The highest BCUT2D eigenvalue weighted by Gasteiger charge is 2.27. The number of aliphatic carboxylic acids is 1. The Bertz CT molecular complexity index is 645. The molecule has 2 atom stereocenters. The van der Waals surface area contributed by atoms with Gasteiger partial charge in [-0.1, -0.05) is 50.3 Å². The van der Waals surface area contributed by atoms with Crippen molar-refractivity contribution >= 4 is 18.0 Å². The Morgan fingerprint density at radius 3 is 2.39 bits per heavy atom. The normalized spacial score (nSPS) is 12.7. The van der Waals surface area contributed by atoms with Gasteiger partial charge < -0.3 is 20.5 Å². The van der Waals surface area contributed by atoms with Gasteiger partial charge in [-0.25, -0.2) is 9.59 Å². The van der Waals surface area contributed by atoms with Crippen LogP contribution in [0.3, 0.4) is 0 Å². The van der Waals surface area contributed by atoms with Crippen LogP contribution in [0.15, 0.2) is 43.0 Å². The Morgan fingerprint density at radius 1 is 1.14 bits per heavy atom. The molecule has 0 aliphatic heterocycles. The first-order valence-electron chi connectivity index (χ1n) is 9.44. The summed E-state index contributed by atoms with van der Waals surface area (Å²) >= 11 is 0. The first kappa shape index (κ1) is 23.2. The molecule has 0 saturated carbocycles. The molecule has 154 valence electrons. The van der Waals surface area contributed by atoms with Crippen molar-refractivity contribution in [3.8, 4) is 0 Å². The molecule has 2 amide bonds. The average molecular weight is 390 g/mol. The second-order valence-corrected chi connectivity index (χ2v) is 7.01. The standard InChI is InChI=1S/C21H30N2O5/c1-4-5-7-12-17(20(25)26)22-19(24)18(13-15(2)3)23-21(27)28-14-16-10-8-6-9-11-16/h4,6,8-11,15,17-18H,1,5,7,12-14H2,2-3H3,(H,22,24)(H,23,27)(H,25,26)/t17-,18+/m1/s1. The lowest BCUT2D eigenvalue weighted by atomic mass is 10.0. The number of hydrogen-bond acceptors (Lipinski definition) is 4. The van der Waals surface area contributed by atoms with Crippen LogP contribution in [-0.2, 0) is 20.9 Å². The van der Waals surface area contributed by atoms with Crippen LogP contribution in [-0.4, -0.2) is 35.2 Å². The number of allylic oxidation sites excluding steroid dienone is 1. The van der Waals surface area contributed by atoms with Crippen molar-refractivity contribution in [1.82, 2.24) is 10.6 Å². The number of alkyl carbamates (subject to hydrolysis) is 1. The number of carbonyl (C=O) groups is 3. The van der Waals surface area contributed by atoms with Gasteiger partial charge in [0.1, 0.15) is 18.7 Å². The van der Waals surface area contributed by atoms with Crippen molar-refractivity contribution < 1.29 is 24.2 Å². The third kappa shape index (κ3) is 9.21. The molecule has 1 aromatic rings. The number of amides is 2. The number of unbranched alkanes of at least 4 members (excludes halogenated alkanes) is 1. The zero-order valence-corrected chi connectivity index (χ0v) is 16.5. The third-order valence-corrected chi connectivity index (χ3v) is 4.04. The lowest BCUT2D eigenvalue weighted by Gasteiger charge is -2.22. The molecule has 0 aliphatic rings. The van der Waals surface area contributed by atoms with Crippen LogP contribution >= 0.6 is 0 Å². The van der Waals surface area contributed by atoms with E-state index in [-0.39, 0.29) is 12.5 Å². The van der Waals surface area contributed by atoms with Gasteiger partial charge in [-0.2, -0.15) is 0 Å². The Balaban J connectivity index is 2.65. The quantitative estimate of drug-likeness (QED) is 0.375. The van der Waals surface area contributed by atoms with Crippen LogP contribution in [0.4, 0.5) is 4.79 Å². The summed E-state index contributed by atoms with van der Waals surface area (Å²) in [5, 5.41) is 14.4. The molecule has 0 aromatic heterocycles. The van der Waals surface area contributed by atoms with Gasteiger partial charge in [0.05, 0.1) is 0 Å². The number of nitrogens with one attached hydrogen (secondary N) is 2. The molecular formula is C21H30N2O5. The predicted octanol–water partition coefficient (Wildman–Crippen LogP) is 3.25. The van der Waals surface area contributed by atoms with Crippen LogP contribution in [0.2, 0.25) is 0 Å². The summed E-state index contributed by atoms with van der Waals surface area (Å²) in [6.07, 6.45) is 2.90. The van der Waals surface area contributed by atoms with Crippen LogP contribution in [0.1, 0.15) is 45.1 Å². The van der Waals surface area contributed by atoms with Gasteiger partial charge in [0.2, 0.25) is 5.91 Å². The highest BCUT2D eigenvalue weighted by molar-refractivity contribution is 5.89. The van der Waals surface area contributed by atoms with Gasteiger partial charge >= 0.3 is 12.1 Å². The Labute approximate surface area is 166 Å². The van der Waals surface area contributed by atoms with Crippen LogP contribution < -0.4 is 10.6 Å². The van der Waals surface area contributed by atoms with Crippen LogP contribution in [0.25, 0.3) is 0 Å². The molecule has 28 heavy (non-hydrogen) atoms. The molecule has 0 radical (unpaired) electrons. The van der Waals surface area contributed by atoms with Crippen molar-refractivity contribution in [2.24, 2.45) is 5.92 Å². The molecule has 0 aliphatic carbocycles. The zero-order valence-electron chi connectivity index (χ0n) is 16.5. The highest BCUT2D eigenvalue weighted by Crippen LogP contribution is 2.08. The number of benzene rings is 1. The fourth-order valence-electron chi connectivity index (χ4n) is 2.61. The smallest absolute Gasteiger partial charge is 0.408 e. The Morgan fingerprint density at radius 2 is 1.82 bits per heavy atom. The molecule has 7 heteroatoms. The molecular weight excluding hydrogens is 360 g/mol. The molecule has 0 bridgehead atoms. The fourth-order valence-corrected chi connectivity index (χ4v) is 2.61. The van der Waals surface area contributed by atoms with E-state index >= 15 is 0 Å². The first-order valence-corrected chi connectivity index (χ1v) is 9.44. The molecule has 0 unspecified atom stereocenters. The highest BCUT2D eigenvalue weighted by atomic mass is 16.5. The number of ether oxygens (including phenoxy) is 1. The Kier molecular flexibility index (Phi) is 10.4. The lowest BCUT2D eigenvalue weighted by Crippen LogP contribution is -2.52. The minimum Gasteiger partial charge on any atom is -0.480 e. The van der Waals surface area contributed by atoms with Crippen molar-refractivity contribution in [3.05, 3.63) is 48.6 Å². The van der Waals surface area contributed by atoms with E-state index in [0.29, 0.717) is 25.7 Å². The number of carboxylic acid groups (broad SMARTS) is 1. The number of rotatable bonds is 12. The predicted molar refractivity (Wildman–Crippen MR) is 107 cm³/mol. The van der Waals surface area contributed by atoms with Gasteiger partial charge in [0.15, 0.2) is 0 Å². The van der Waals surface area contributed by atoms with Crippen molar-refractivity contribution in [2.75, 3.05) is 0 Å². The first-order chi connectivity index (χ1) is 13.3. The summed E-state index contributed by atoms with van der Waals surface area (Å²) in [4.78, 5) is 36.1. The molecule has 7 nitrogen and oxygen atoms in total. The van der Waals surface area contributed by atoms with Gasteiger partial charge in [0, 0.05) is 0 Å². The summed E-state index contributed by atoms with van der Waals surface area (Å²) in [6.45, 7) is 7.51. The van der Waals surface area contributed by atoms with Crippen molar-refractivity contribution in [2.45, 2.75) is 58.2 Å². The topological polar surface area (TPSA) is 105 Å². The SMILES string of the molecule is C=CCCC[C@@H](NC(=O)[C@H](CC(C)C)NC(=O)OCc1ccccc1)C(=O)O. The second kappa shape index (κ2) is 12.5.